The quantitative estimate of drug-likeness (QED) is 0.803. The maximum Gasteiger partial charge on any atom is 0.139 e. The molecule has 18 heavy (non-hydrogen) atoms. The van der Waals surface area contributed by atoms with Gasteiger partial charge in [-0.1, -0.05) is 32.5 Å². The van der Waals surface area contributed by atoms with Crippen LogP contribution in [0.4, 0.5) is 5.82 Å². The molecule has 0 spiro atoms. The molecule has 0 radical (unpaired) electrons. The van der Waals surface area contributed by atoms with Crippen LogP contribution in [0, 0.1) is 12.8 Å². The Morgan fingerprint density at radius 3 is 2.67 bits per heavy atom. The highest BCUT2D eigenvalue weighted by Gasteiger charge is 2.16. The van der Waals surface area contributed by atoms with Crippen LogP contribution in [0.2, 0.25) is 0 Å². The highest BCUT2D eigenvalue weighted by molar-refractivity contribution is 7.80. The molecular formula is C14H23N3S. The number of anilines is 1. The second-order valence-corrected chi connectivity index (χ2v) is 5.18. The van der Waals surface area contributed by atoms with Gasteiger partial charge in [0.2, 0.25) is 0 Å². The summed E-state index contributed by atoms with van der Waals surface area (Å²) in [7, 11) is 0. The van der Waals surface area contributed by atoms with Gasteiger partial charge in [0, 0.05) is 19.3 Å². The Morgan fingerprint density at radius 2 is 2.17 bits per heavy atom. The van der Waals surface area contributed by atoms with Crippen LogP contribution in [0.15, 0.2) is 12.3 Å². The largest absolute Gasteiger partial charge is 0.389 e. The molecule has 1 rings (SSSR count). The van der Waals surface area contributed by atoms with E-state index in [9.17, 15) is 0 Å². The van der Waals surface area contributed by atoms with Crippen LogP contribution in [-0.4, -0.2) is 23.1 Å². The smallest absolute Gasteiger partial charge is 0.139 e. The highest BCUT2D eigenvalue weighted by Crippen LogP contribution is 2.22. The van der Waals surface area contributed by atoms with E-state index in [1.54, 1.807) is 0 Å². The number of aromatic nitrogens is 1. The Morgan fingerprint density at radius 1 is 1.50 bits per heavy atom. The van der Waals surface area contributed by atoms with E-state index in [1.807, 2.05) is 19.2 Å². The number of aryl methyl sites for hydroxylation is 1. The summed E-state index contributed by atoms with van der Waals surface area (Å²) in [5.74, 6) is 1.55. The van der Waals surface area contributed by atoms with Crippen molar-refractivity contribution in [1.82, 2.24) is 4.98 Å². The van der Waals surface area contributed by atoms with E-state index in [0.717, 1.165) is 36.5 Å². The van der Waals surface area contributed by atoms with E-state index < -0.39 is 0 Å². The first-order valence-electron chi connectivity index (χ1n) is 6.51. The average molecular weight is 265 g/mol. The number of nitrogens with two attached hydrogens (primary N) is 1. The highest BCUT2D eigenvalue weighted by atomic mass is 32.1. The maximum absolute atomic E-state index is 5.84. The standard InChI is InChI=1S/C14H23N3S/c1-5-10(3)9-17(6-2)14-12(13(15)18)11(4)7-8-16-14/h7-8,10H,5-6,9H2,1-4H3,(H2,15,18). The van der Waals surface area contributed by atoms with Gasteiger partial charge in [0.25, 0.3) is 0 Å². The van der Waals surface area contributed by atoms with Crippen molar-refractivity contribution in [2.24, 2.45) is 11.7 Å². The minimum absolute atomic E-state index is 0.429. The predicted octanol–water partition coefficient (Wildman–Crippen LogP) is 2.90. The van der Waals surface area contributed by atoms with Crippen molar-refractivity contribution in [2.75, 3.05) is 18.0 Å². The summed E-state index contributed by atoms with van der Waals surface area (Å²) in [6, 6.07) is 1.95. The number of nitrogens with zero attached hydrogens (tertiary/aromatic N) is 2. The van der Waals surface area contributed by atoms with E-state index in [1.165, 1.54) is 0 Å². The maximum atomic E-state index is 5.84. The third-order valence-corrected chi connectivity index (χ3v) is 3.50. The van der Waals surface area contributed by atoms with Crippen molar-refractivity contribution >= 4 is 23.0 Å². The summed E-state index contributed by atoms with van der Waals surface area (Å²) >= 11 is 5.16. The lowest BCUT2D eigenvalue weighted by molar-refractivity contribution is 0.545. The van der Waals surface area contributed by atoms with Crippen LogP contribution in [0.3, 0.4) is 0 Å². The number of thiocarbonyl (C=S) groups is 1. The van der Waals surface area contributed by atoms with Gasteiger partial charge in [-0.2, -0.15) is 0 Å². The molecule has 1 heterocycles. The monoisotopic (exact) mass is 265 g/mol. The molecule has 0 saturated heterocycles. The van der Waals surface area contributed by atoms with E-state index in [-0.39, 0.29) is 0 Å². The normalized spacial score (nSPS) is 12.2. The van der Waals surface area contributed by atoms with Crippen LogP contribution in [0.25, 0.3) is 0 Å². The van der Waals surface area contributed by atoms with E-state index in [4.69, 9.17) is 18.0 Å². The van der Waals surface area contributed by atoms with Crippen molar-refractivity contribution < 1.29 is 0 Å². The molecule has 100 valence electrons. The fourth-order valence-electron chi connectivity index (χ4n) is 1.96. The van der Waals surface area contributed by atoms with Crippen molar-refractivity contribution in [3.8, 4) is 0 Å². The molecular weight excluding hydrogens is 242 g/mol. The first-order valence-corrected chi connectivity index (χ1v) is 6.92. The zero-order valence-electron chi connectivity index (χ0n) is 11.7. The van der Waals surface area contributed by atoms with Crippen LogP contribution < -0.4 is 10.6 Å². The van der Waals surface area contributed by atoms with Crippen molar-refractivity contribution in [3.63, 3.8) is 0 Å². The fourth-order valence-corrected chi connectivity index (χ4v) is 2.21. The van der Waals surface area contributed by atoms with Crippen molar-refractivity contribution in [1.29, 1.82) is 0 Å². The molecule has 0 amide bonds. The minimum Gasteiger partial charge on any atom is -0.389 e. The lowest BCUT2D eigenvalue weighted by Crippen LogP contribution is -2.31. The first-order chi connectivity index (χ1) is 8.51. The van der Waals surface area contributed by atoms with Gasteiger partial charge in [0.1, 0.15) is 10.8 Å². The fraction of sp³-hybridized carbons (Fsp3) is 0.571. The van der Waals surface area contributed by atoms with E-state index >= 15 is 0 Å². The molecule has 1 atom stereocenters. The molecule has 0 aliphatic rings. The molecule has 1 aromatic rings. The van der Waals surface area contributed by atoms with Crippen molar-refractivity contribution in [3.05, 3.63) is 23.4 Å². The molecule has 1 aromatic heterocycles. The Bertz CT molecular complexity index is 418. The lowest BCUT2D eigenvalue weighted by Gasteiger charge is -2.27. The SMILES string of the molecule is CCC(C)CN(CC)c1nccc(C)c1C(N)=S. The van der Waals surface area contributed by atoms with Gasteiger partial charge in [-0.15, -0.1) is 0 Å². The summed E-state index contributed by atoms with van der Waals surface area (Å²) in [4.78, 5) is 7.17. The zero-order valence-corrected chi connectivity index (χ0v) is 12.5. The second-order valence-electron chi connectivity index (χ2n) is 4.74. The Hall–Kier alpha value is -1.16. The zero-order chi connectivity index (χ0) is 13.7. The topological polar surface area (TPSA) is 42.2 Å². The third-order valence-electron chi connectivity index (χ3n) is 3.30. The molecule has 0 aliphatic heterocycles. The summed E-state index contributed by atoms with van der Waals surface area (Å²) in [5, 5.41) is 0. The molecule has 0 fully saturated rings. The van der Waals surface area contributed by atoms with Gasteiger partial charge in [0.15, 0.2) is 0 Å². The molecule has 0 aromatic carbocycles. The van der Waals surface area contributed by atoms with Gasteiger partial charge in [-0.25, -0.2) is 4.98 Å². The summed E-state index contributed by atoms with van der Waals surface area (Å²) in [6.45, 7) is 10.5. The summed E-state index contributed by atoms with van der Waals surface area (Å²) in [6.07, 6.45) is 2.98. The number of hydrogen-bond donors (Lipinski definition) is 1. The first kappa shape index (κ1) is 14.9. The van der Waals surface area contributed by atoms with Crippen LogP contribution >= 0.6 is 12.2 Å². The molecule has 0 aliphatic carbocycles. The van der Waals surface area contributed by atoms with Crippen molar-refractivity contribution in [2.45, 2.75) is 34.1 Å². The van der Waals surface area contributed by atoms with Gasteiger partial charge >= 0.3 is 0 Å². The van der Waals surface area contributed by atoms with Gasteiger partial charge in [0.05, 0.1) is 5.56 Å². The number of rotatable bonds is 6. The van der Waals surface area contributed by atoms with Gasteiger partial charge < -0.3 is 10.6 Å². The molecule has 0 saturated carbocycles. The third kappa shape index (κ3) is 3.42. The Kier molecular flexibility index (Phi) is 5.54. The average Bonchev–Trinajstić information content (AvgIpc) is 2.34. The molecule has 3 nitrogen and oxygen atoms in total. The molecule has 1 unspecified atom stereocenters. The molecule has 2 N–H and O–H groups in total. The van der Waals surface area contributed by atoms with Crippen LogP contribution in [-0.2, 0) is 0 Å². The Labute approximate surface area is 115 Å². The van der Waals surface area contributed by atoms with Crippen LogP contribution in [0.5, 0.6) is 0 Å². The minimum atomic E-state index is 0.429. The number of hydrogen-bond acceptors (Lipinski definition) is 3. The van der Waals surface area contributed by atoms with Crippen LogP contribution in [0.1, 0.15) is 38.3 Å². The predicted molar refractivity (Wildman–Crippen MR) is 82.2 cm³/mol. The number of pyridine rings is 1. The lowest BCUT2D eigenvalue weighted by atomic mass is 10.1. The Balaban J connectivity index is 3.13. The molecule has 0 bridgehead atoms. The van der Waals surface area contributed by atoms with Gasteiger partial charge in [-0.05, 0) is 31.4 Å². The van der Waals surface area contributed by atoms with E-state index in [0.29, 0.717) is 10.9 Å². The van der Waals surface area contributed by atoms with Gasteiger partial charge in [-0.3, -0.25) is 0 Å². The summed E-state index contributed by atoms with van der Waals surface area (Å²) < 4.78 is 0. The molecule has 4 heteroatoms. The second kappa shape index (κ2) is 6.69. The van der Waals surface area contributed by atoms with E-state index in [2.05, 4.69) is 30.7 Å². The summed E-state index contributed by atoms with van der Waals surface area (Å²) in [5.41, 5.74) is 7.84.